The molecule has 24 heavy (non-hydrogen) atoms. The summed E-state index contributed by atoms with van der Waals surface area (Å²) in [6.07, 6.45) is 0. The molecule has 1 aliphatic rings. The van der Waals surface area contributed by atoms with Crippen molar-refractivity contribution in [2.45, 2.75) is 0 Å². The number of anilines is 2. The molecule has 3 N–H and O–H groups in total. The van der Waals surface area contributed by atoms with Crippen molar-refractivity contribution in [1.82, 2.24) is 9.97 Å². The first kappa shape index (κ1) is 14.7. The summed E-state index contributed by atoms with van der Waals surface area (Å²) >= 11 is 0. The average Bonchev–Trinajstić information content (AvgIpc) is 2.63. The van der Waals surface area contributed by atoms with Crippen molar-refractivity contribution >= 4 is 22.5 Å². The minimum Gasteiger partial charge on any atom is -0.399 e. The Morgan fingerprint density at radius 2 is 1.83 bits per heavy atom. The first-order valence-corrected chi connectivity index (χ1v) is 7.94. The van der Waals surface area contributed by atoms with Gasteiger partial charge in [0.2, 0.25) is 5.95 Å². The smallest absolute Gasteiger partial charge is 0.260 e. The van der Waals surface area contributed by atoms with E-state index in [1.807, 2.05) is 41.3 Å². The maximum atomic E-state index is 12.5. The number of nitrogen functional groups attached to an aromatic ring is 1. The van der Waals surface area contributed by atoms with Crippen LogP contribution in [0.25, 0.3) is 22.0 Å². The van der Waals surface area contributed by atoms with E-state index in [9.17, 15) is 4.79 Å². The summed E-state index contributed by atoms with van der Waals surface area (Å²) in [6.45, 7) is 2.72. The molecule has 122 valence electrons. The minimum absolute atomic E-state index is 0.126. The van der Waals surface area contributed by atoms with Gasteiger partial charge in [-0.2, -0.15) is 0 Å². The molecular formula is C18H18N4O2. The van der Waals surface area contributed by atoms with Crippen molar-refractivity contribution in [3.05, 3.63) is 52.8 Å². The van der Waals surface area contributed by atoms with Crippen LogP contribution < -0.4 is 16.2 Å². The van der Waals surface area contributed by atoms with Gasteiger partial charge in [-0.15, -0.1) is 0 Å². The molecule has 1 aliphatic heterocycles. The molecule has 0 spiro atoms. The summed E-state index contributed by atoms with van der Waals surface area (Å²) in [5.41, 5.74) is 8.97. The number of aromatic nitrogens is 2. The number of fused-ring (bicyclic) bond motifs is 1. The third-order valence-corrected chi connectivity index (χ3v) is 4.26. The van der Waals surface area contributed by atoms with Gasteiger partial charge in [0.25, 0.3) is 5.56 Å². The molecule has 0 unspecified atom stereocenters. The maximum Gasteiger partial charge on any atom is 0.260 e. The highest BCUT2D eigenvalue weighted by Crippen LogP contribution is 2.27. The lowest BCUT2D eigenvalue weighted by molar-refractivity contribution is 0.122. The summed E-state index contributed by atoms with van der Waals surface area (Å²) in [7, 11) is 0. The summed E-state index contributed by atoms with van der Waals surface area (Å²) in [5, 5.41) is 0.585. The molecule has 3 aromatic rings. The molecule has 0 bridgehead atoms. The van der Waals surface area contributed by atoms with Crippen LogP contribution in [0.15, 0.2) is 47.3 Å². The van der Waals surface area contributed by atoms with Crippen LogP contribution in [0.2, 0.25) is 0 Å². The van der Waals surface area contributed by atoms with Gasteiger partial charge >= 0.3 is 0 Å². The van der Waals surface area contributed by atoms with Crippen LogP contribution in [0, 0.1) is 0 Å². The highest BCUT2D eigenvalue weighted by molar-refractivity contribution is 5.93. The number of rotatable bonds is 2. The molecule has 0 saturated carbocycles. The summed E-state index contributed by atoms with van der Waals surface area (Å²) in [6, 6.07) is 13.2. The predicted molar refractivity (Wildman–Crippen MR) is 95.2 cm³/mol. The minimum atomic E-state index is -0.126. The normalized spacial score (nSPS) is 14.9. The van der Waals surface area contributed by atoms with E-state index in [1.54, 1.807) is 6.07 Å². The molecule has 1 aromatic heterocycles. The molecule has 1 fully saturated rings. The van der Waals surface area contributed by atoms with Crippen LogP contribution in [-0.4, -0.2) is 36.3 Å². The van der Waals surface area contributed by atoms with Gasteiger partial charge in [-0.1, -0.05) is 24.3 Å². The largest absolute Gasteiger partial charge is 0.399 e. The second-order valence-electron chi connectivity index (χ2n) is 5.81. The summed E-state index contributed by atoms with van der Waals surface area (Å²) < 4.78 is 5.37. The quantitative estimate of drug-likeness (QED) is 0.705. The highest BCUT2D eigenvalue weighted by atomic mass is 16.5. The number of nitrogens with one attached hydrogen (secondary N) is 1. The monoisotopic (exact) mass is 322 g/mol. The number of aromatic amines is 1. The van der Waals surface area contributed by atoms with Crippen molar-refractivity contribution < 1.29 is 4.74 Å². The van der Waals surface area contributed by atoms with Crippen molar-refractivity contribution in [2.75, 3.05) is 36.9 Å². The van der Waals surface area contributed by atoms with E-state index in [2.05, 4.69) is 4.98 Å². The second-order valence-corrected chi connectivity index (χ2v) is 5.81. The van der Waals surface area contributed by atoms with E-state index >= 15 is 0 Å². The van der Waals surface area contributed by atoms with Gasteiger partial charge in [0.1, 0.15) is 0 Å². The number of hydrogen-bond donors (Lipinski definition) is 2. The molecular weight excluding hydrogens is 304 g/mol. The average molecular weight is 322 g/mol. The molecule has 0 radical (unpaired) electrons. The molecule has 6 heteroatoms. The third kappa shape index (κ3) is 2.61. The second kappa shape index (κ2) is 5.98. The van der Waals surface area contributed by atoms with Crippen molar-refractivity contribution in [3.63, 3.8) is 0 Å². The van der Waals surface area contributed by atoms with Crippen LogP contribution in [0.4, 0.5) is 11.6 Å². The molecule has 4 rings (SSSR count). The topological polar surface area (TPSA) is 84.2 Å². The Kier molecular flexibility index (Phi) is 3.66. The van der Waals surface area contributed by atoms with Crippen molar-refractivity contribution in [3.8, 4) is 11.1 Å². The highest BCUT2D eigenvalue weighted by Gasteiger charge is 2.16. The predicted octanol–water partition coefficient (Wildman–Crippen LogP) is 2.01. The fourth-order valence-corrected chi connectivity index (χ4v) is 2.97. The van der Waals surface area contributed by atoms with E-state index in [-0.39, 0.29) is 5.56 Å². The van der Waals surface area contributed by atoms with Gasteiger partial charge in [-0.3, -0.25) is 9.78 Å². The Bertz CT molecular complexity index is 928. The fraction of sp³-hybridized carbons (Fsp3) is 0.222. The molecule has 0 aliphatic carbocycles. The third-order valence-electron chi connectivity index (χ3n) is 4.26. The lowest BCUT2D eigenvalue weighted by atomic mass is 10.0. The molecule has 2 aromatic carbocycles. The van der Waals surface area contributed by atoms with Crippen molar-refractivity contribution in [2.24, 2.45) is 0 Å². The van der Waals surface area contributed by atoms with E-state index in [0.717, 1.165) is 24.2 Å². The number of H-pyrrole nitrogens is 1. The molecule has 2 heterocycles. The fourth-order valence-electron chi connectivity index (χ4n) is 2.97. The Morgan fingerprint density at radius 1 is 1.08 bits per heavy atom. The molecule has 0 amide bonds. The molecule has 1 saturated heterocycles. The van der Waals surface area contributed by atoms with E-state index < -0.39 is 0 Å². The van der Waals surface area contributed by atoms with Gasteiger partial charge in [-0.05, 0) is 23.8 Å². The maximum absolute atomic E-state index is 12.5. The van der Waals surface area contributed by atoms with Gasteiger partial charge in [0.05, 0.1) is 24.1 Å². The Balaban J connectivity index is 1.89. The Morgan fingerprint density at radius 3 is 2.58 bits per heavy atom. The van der Waals surface area contributed by atoms with Crippen LogP contribution in [0.3, 0.4) is 0 Å². The number of benzene rings is 2. The number of para-hydroxylation sites is 1. The Labute approximate surface area is 138 Å². The van der Waals surface area contributed by atoms with Gasteiger partial charge in [-0.25, -0.2) is 4.98 Å². The van der Waals surface area contributed by atoms with Crippen LogP contribution in [0.1, 0.15) is 0 Å². The number of ether oxygens (including phenoxy) is 1. The van der Waals surface area contributed by atoms with E-state index in [1.165, 1.54) is 0 Å². The summed E-state index contributed by atoms with van der Waals surface area (Å²) in [4.78, 5) is 22.2. The molecule has 6 nitrogen and oxygen atoms in total. The van der Waals surface area contributed by atoms with Crippen LogP contribution >= 0.6 is 0 Å². The van der Waals surface area contributed by atoms with E-state index in [4.69, 9.17) is 15.5 Å². The van der Waals surface area contributed by atoms with Gasteiger partial charge in [0, 0.05) is 24.3 Å². The number of nitrogens with zero attached hydrogens (tertiary/aromatic N) is 2. The first-order chi connectivity index (χ1) is 11.7. The Hall–Kier alpha value is -2.86. The van der Waals surface area contributed by atoms with E-state index in [0.29, 0.717) is 35.8 Å². The first-order valence-electron chi connectivity index (χ1n) is 7.94. The standard InChI is InChI=1S/C18H18N4O2/c19-13-6-4-12(5-7-13)14-2-1-3-15-16(14)20-18(21-17(15)23)22-8-10-24-11-9-22/h1-7H,8-11,19H2,(H,20,21,23). The molecule has 0 atom stereocenters. The lowest BCUT2D eigenvalue weighted by Crippen LogP contribution is -2.38. The van der Waals surface area contributed by atoms with Crippen LogP contribution in [-0.2, 0) is 4.74 Å². The van der Waals surface area contributed by atoms with Crippen LogP contribution in [0.5, 0.6) is 0 Å². The SMILES string of the molecule is Nc1ccc(-c2cccc3c(=O)[nH]c(N4CCOCC4)nc23)cc1. The zero-order chi connectivity index (χ0) is 16.5. The number of hydrogen-bond acceptors (Lipinski definition) is 5. The number of morpholine rings is 1. The lowest BCUT2D eigenvalue weighted by Gasteiger charge is -2.27. The van der Waals surface area contributed by atoms with Gasteiger partial charge < -0.3 is 15.4 Å². The number of nitrogens with two attached hydrogens (primary N) is 1. The van der Waals surface area contributed by atoms with Gasteiger partial charge in [0.15, 0.2) is 0 Å². The zero-order valence-electron chi connectivity index (χ0n) is 13.2. The van der Waals surface area contributed by atoms with Crippen molar-refractivity contribution in [1.29, 1.82) is 0 Å². The summed E-state index contributed by atoms with van der Waals surface area (Å²) in [5.74, 6) is 0.596. The zero-order valence-corrected chi connectivity index (χ0v) is 13.2.